The molecule has 3 N–H and O–H groups in total. The lowest BCUT2D eigenvalue weighted by Crippen LogP contribution is -2.44. The van der Waals surface area contributed by atoms with Gasteiger partial charge >= 0.3 is 0 Å². The van der Waals surface area contributed by atoms with Crippen molar-refractivity contribution in [3.05, 3.63) is 97.4 Å². The van der Waals surface area contributed by atoms with Gasteiger partial charge in [0.25, 0.3) is 16.8 Å². The van der Waals surface area contributed by atoms with E-state index in [1.165, 1.54) is 5.56 Å². The number of nitrogens with two attached hydrogens (primary N) is 1. The molecule has 3 aromatic carbocycles. The van der Waals surface area contributed by atoms with Gasteiger partial charge in [0.05, 0.1) is 5.52 Å². The van der Waals surface area contributed by atoms with E-state index >= 15 is 0 Å². The number of hydrogen-bond acceptors (Lipinski definition) is 6. The number of fused-ring (bicyclic) bond motifs is 2. The summed E-state index contributed by atoms with van der Waals surface area (Å²) in [5, 5.41) is 3.88. The molecule has 0 bridgehead atoms. The van der Waals surface area contributed by atoms with E-state index in [4.69, 9.17) is 5.73 Å². The van der Waals surface area contributed by atoms with Gasteiger partial charge in [-0.3, -0.25) is 19.4 Å². The number of nitrogens with zero attached hydrogens (tertiary/aromatic N) is 2. The molecule has 0 fully saturated rings. The number of anilines is 2. The third kappa shape index (κ3) is 3.34. The first kappa shape index (κ1) is 19.0. The van der Waals surface area contributed by atoms with Crippen LogP contribution in [0, 0.1) is 0 Å². The zero-order valence-corrected chi connectivity index (χ0v) is 16.7. The molecule has 0 spiro atoms. The Morgan fingerprint density at radius 1 is 1.06 bits per heavy atom. The number of aromatic nitrogens is 1. The van der Waals surface area contributed by atoms with Crippen LogP contribution in [0.5, 0.6) is 0 Å². The van der Waals surface area contributed by atoms with Crippen molar-refractivity contribution in [2.24, 2.45) is 0 Å². The van der Waals surface area contributed by atoms with E-state index in [1.54, 1.807) is 12.3 Å². The van der Waals surface area contributed by atoms with Crippen molar-refractivity contribution in [2.45, 2.75) is 19.5 Å². The van der Waals surface area contributed by atoms with Crippen molar-refractivity contribution in [1.82, 2.24) is 10.3 Å². The third-order valence-corrected chi connectivity index (χ3v) is 5.84. The van der Waals surface area contributed by atoms with Crippen LogP contribution in [0.3, 0.4) is 0 Å². The summed E-state index contributed by atoms with van der Waals surface area (Å²) in [5.74, 6) is -0.151. The summed E-state index contributed by atoms with van der Waals surface area (Å²) in [6.07, 6.45) is 2.49. The van der Waals surface area contributed by atoms with Gasteiger partial charge in [-0.2, -0.15) is 0 Å². The summed E-state index contributed by atoms with van der Waals surface area (Å²) < 4.78 is 0. The van der Waals surface area contributed by atoms with Gasteiger partial charge in [-0.15, -0.1) is 0 Å². The van der Waals surface area contributed by atoms with Crippen molar-refractivity contribution in [3.63, 3.8) is 0 Å². The Morgan fingerprint density at radius 3 is 2.77 bits per heavy atom. The maximum absolute atomic E-state index is 12.6. The van der Waals surface area contributed by atoms with Gasteiger partial charge in [0, 0.05) is 36.8 Å². The molecule has 0 radical (unpaired) electrons. The minimum atomic E-state index is -0.596. The van der Waals surface area contributed by atoms with Gasteiger partial charge in [-0.25, -0.2) is 0 Å². The summed E-state index contributed by atoms with van der Waals surface area (Å²) in [5.41, 5.74) is 9.69. The van der Waals surface area contributed by atoms with Gasteiger partial charge in [0.1, 0.15) is 11.4 Å². The highest BCUT2D eigenvalue weighted by molar-refractivity contribution is 5.97. The van der Waals surface area contributed by atoms with Crippen LogP contribution in [0.1, 0.15) is 27.0 Å². The number of nitrogen functional groups attached to an aromatic ring is 1. The third-order valence-electron chi connectivity index (χ3n) is 5.84. The summed E-state index contributed by atoms with van der Waals surface area (Å²) in [7, 11) is 0. The van der Waals surface area contributed by atoms with Crippen molar-refractivity contribution >= 4 is 28.2 Å². The van der Waals surface area contributed by atoms with E-state index in [-0.39, 0.29) is 11.6 Å². The Labute approximate surface area is 177 Å². The second-order valence-electron chi connectivity index (χ2n) is 7.79. The van der Waals surface area contributed by atoms with Crippen LogP contribution in [0.15, 0.2) is 64.3 Å². The number of benzene rings is 2. The van der Waals surface area contributed by atoms with E-state index in [1.807, 2.05) is 41.3 Å². The molecule has 1 aromatic heterocycles. The maximum Gasteiger partial charge on any atom is 0.253 e. The minimum absolute atomic E-state index is 0.0578. The van der Waals surface area contributed by atoms with Gasteiger partial charge in [-0.05, 0) is 47.4 Å². The number of carbonyl (C=O) groups excluding carboxylic acids is 1. The van der Waals surface area contributed by atoms with Crippen molar-refractivity contribution < 1.29 is 4.79 Å². The molecule has 7 heteroatoms. The highest BCUT2D eigenvalue weighted by Gasteiger charge is 2.26. The Balaban J connectivity index is 1.30. The lowest BCUT2D eigenvalue weighted by atomic mass is 9.96. The predicted octanol–water partition coefficient (Wildman–Crippen LogP) is 1.91. The molecule has 0 aliphatic carbocycles. The zero-order chi connectivity index (χ0) is 21.5. The molecule has 1 aliphatic heterocycles. The Hall–Kier alpha value is -4.00. The second kappa shape index (κ2) is 7.36. The van der Waals surface area contributed by atoms with Crippen LogP contribution >= 0.6 is 0 Å². The van der Waals surface area contributed by atoms with E-state index in [0.717, 1.165) is 28.5 Å². The van der Waals surface area contributed by atoms with Gasteiger partial charge in [0.15, 0.2) is 0 Å². The molecule has 154 valence electrons. The number of hydrogen-bond donors (Lipinski definition) is 2. The Morgan fingerprint density at radius 2 is 1.94 bits per heavy atom. The van der Waals surface area contributed by atoms with Crippen LogP contribution < -0.4 is 26.8 Å². The monoisotopic (exact) mass is 412 g/mol. The van der Waals surface area contributed by atoms with E-state index in [2.05, 4.69) is 16.4 Å². The van der Waals surface area contributed by atoms with Crippen molar-refractivity contribution in [3.8, 4) is 0 Å². The maximum atomic E-state index is 12.6. The number of pyridine rings is 1. The van der Waals surface area contributed by atoms with Gasteiger partial charge in [0.2, 0.25) is 0 Å². The fourth-order valence-corrected chi connectivity index (χ4v) is 4.12. The SMILES string of the molecule is Nc1c(N2CCc3ccc(CNC(=O)c4ccc5ncccc5c4)cc3C2)c(=O)c1=O. The molecule has 0 saturated carbocycles. The molecule has 7 nitrogen and oxygen atoms in total. The predicted molar refractivity (Wildman–Crippen MR) is 120 cm³/mol. The normalized spacial score (nSPS) is 13.4. The summed E-state index contributed by atoms with van der Waals surface area (Å²) in [4.78, 5) is 42.1. The number of amides is 1. The minimum Gasteiger partial charge on any atom is -0.394 e. The van der Waals surface area contributed by atoms with Gasteiger partial charge in [-0.1, -0.05) is 24.3 Å². The molecule has 2 heterocycles. The van der Waals surface area contributed by atoms with Crippen LogP contribution in [0.4, 0.5) is 11.4 Å². The molecular weight excluding hydrogens is 392 g/mol. The molecule has 1 amide bonds. The van der Waals surface area contributed by atoms with Crippen LogP contribution in [-0.4, -0.2) is 17.4 Å². The Bertz CT molecular complexity index is 1400. The summed E-state index contributed by atoms with van der Waals surface area (Å²) in [6.45, 7) is 1.55. The van der Waals surface area contributed by atoms with Crippen LogP contribution in [-0.2, 0) is 19.5 Å². The first-order valence-electron chi connectivity index (χ1n) is 10.1. The second-order valence-corrected chi connectivity index (χ2v) is 7.79. The number of carbonyl (C=O) groups is 1. The lowest BCUT2D eigenvalue weighted by Gasteiger charge is -2.32. The lowest BCUT2D eigenvalue weighted by molar-refractivity contribution is 0.0951. The molecule has 4 aromatic rings. The number of nitrogens with one attached hydrogen (secondary N) is 1. The largest absolute Gasteiger partial charge is 0.394 e. The van der Waals surface area contributed by atoms with E-state index in [9.17, 15) is 14.4 Å². The molecule has 0 atom stereocenters. The zero-order valence-electron chi connectivity index (χ0n) is 16.7. The molecule has 1 aliphatic rings. The fourth-order valence-electron chi connectivity index (χ4n) is 4.12. The summed E-state index contributed by atoms with van der Waals surface area (Å²) in [6, 6.07) is 15.3. The van der Waals surface area contributed by atoms with E-state index in [0.29, 0.717) is 30.9 Å². The molecular formula is C24H20N4O3. The fraction of sp³-hybridized carbons (Fsp3) is 0.167. The molecule has 0 saturated heterocycles. The highest BCUT2D eigenvalue weighted by Crippen LogP contribution is 2.26. The number of rotatable bonds is 4. The van der Waals surface area contributed by atoms with Crippen molar-refractivity contribution in [1.29, 1.82) is 0 Å². The van der Waals surface area contributed by atoms with E-state index < -0.39 is 10.9 Å². The van der Waals surface area contributed by atoms with Crippen molar-refractivity contribution in [2.75, 3.05) is 17.2 Å². The topological polar surface area (TPSA) is 105 Å². The first-order valence-corrected chi connectivity index (χ1v) is 10.1. The van der Waals surface area contributed by atoms with Crippen LogP contribution in [0.25, 0.3) is 10.9 Å². The first-order chi connectivity index (χ1) is 15.0. The van der Waals surface area contributed by atoms with Crippen LogP contribution in [0.2, 0.25) is 0 Å². The standard InChI is InChI=1S/C24H20N4O3/c25-20-21(23(30)22(20)29)28-9-7-15-4-3-14(10-18(15)13-28)12-27-24(31)17-5-6-19-16(11-17)2-1-8-26-19/h1-6,8,10-11H,7,9,12-13,25H2,(H,27,31). The average Bonchev–Trinajstić information content (AvgIpc) is 2.81. The molecule has 31 heavy (non-hydrogen) atoms. The summed E-state index contributed by atoms with van der Waals surface area (Å²) >= 11 is 0. The van der Waals surface area contributed by atoms with Gasteiger partial charge < -0.3 is 16.0 Å². The highest BCUT2D eigenvalue weighted by atomic mass is 16.2. The molecule has 5 rings (SSSR count). The Kier molecular flexibility index (Phi) is 4.51. The molecule has 0 unspecified atom stereocenters. The quantitative estimate of drug-likeness (QED) is 0.496. The smallest absolute Gasteiger partial charge is 0.253 e. The average molecular weight is 412 g/mol.